The van der Waals surface area contributed by atoms with E-state index in [2.05, 4.69) is 31.9 Å². The van der Waals surface area contributed by atoms with Gasteiger partial charge in [0.15, 0.2) is 0 Å². The Morgan fingerprint density at radius 1 is 1.38 bits per heavy atom. The number of aromatic hydroxyl groups is 1. The second-order valence-corrected chi connectivity index (χ2v) is 4.44. The van der Waals surface area contributed by atoms with Gasteiger partial charge in [0.1, 0.15) is 5.75 Å². The summed E-state index contributed by atoms with van der Waals surface area (Å²) in [6.45, 7) is 0.302. The van der Waals surface area contributed by atoms with E-state index >= 15 is 0 Å². The van der Waals surface area contributed by atoms with Crippen LogP contribution in [0.3, 0.4) is 0 Å². The van der Waals surface area contributed by atoms with Crippen molar-refractivity contribution in [2.75, 3.05) is 6.54 Å². The van der Waals surface area contributed by atoms with Gasteiger partial charge in [-0.15, -0.1) is 0 Å². The lowest BCUT2D eigenvalue weighted by molar-refractivity contribution is 0.458. The first-order chi connectivity index (χ1) is 6.06. The van der Waals surface area contributed by atoms with Crippen molar-refractivity contribution in [1.82, 2.24) is 0 Å². The van der Waals surface area contributed by atoms with Gasteiger partial charge in [0.05, 0.1) is 4.47 Å². The van der Waals surface area contributed by atoms with Crippen LogP contribution in [-0.2, 0) is 0 Å². The zero-order valence-electron chi connectivity index (χ0n) is 6.80. The van der Waals surface area contributed by atoms with Crippen LogP contribution in [-0.4, -0.2) is 11.7 Å². The molecule has 0 amide bonds. The Balaban J connectivity index is 3.20. The van der Waals surface area contributed by atoms with Crippen LogP contribution in [0.1, 0.15) is 11.6 Å². The Labute approximate surface area is 93.4 Å². The fraction of sp³-hybridized carbons (Fsp3) is 0.250. The van der Waals surface area contributed by atoms with Crippen LogP contribution in [0.2, 0.25) is 0 Å². The maximum Gasteiger partial charge on any atom is 0.134 e. The Kier molecular flexibility index (Phi) is 3.73. The molecule has 0 fully saturated rings. The first-order valence-corrected chi connectivity index (χ1v) is 5.28. The van der Waals surface area contributed by atoms with E-state index in [0.717, 1.165) is 4.47 Å². The Bertz CT molecular complexity index is 317. The molecule has 5 N–H and O–H groups in total. The van der Waals surface area contributed by atoms with Gasteiger partial charge in [0.25, 0.3) is 0 Å². The number of hydrogen-bond acceptors (Lipinski definition) is 3. The molecular formula is C8H10Br2N2O. The third-order valence-corrected chi connectivity index (χ3v) is 2.77. The second-order valence-electron chi connectivity index (χ2n) is 2.67. The molecule has 1 aromatic carbocycles. The molecule has 0 aliphatic heterocycles. The van der Waals surface area contributed by atoms with Crippen LogP contribution in [0.25, 0.3) is 0 Å². The maximum atomic E-state index is 9.62. The van der Waals surface area contributed by atoms with E-state index in [9.17, 15) is 5.11 Å². The molecule has 72 valence electrons. The van der Waals surface area contributed by atoms with Gasteiger partial charge in [-0.1, -0.05) is 15.9 Å². The van der Waals surface area contributed by atoms with Gasteiger partial charge in [0.2, 0.25) is 0 Å². The van der Waals surface area contributed by atoms with Crippen molar-refractivity contribution >= 4 is 31.9 Å². The number of rotatable bonds is 2. The van der Waals surface area contributed by atoms with E-state index in [4.69, 9.17) is 11.5 Å². The summed E-state index contributed by atoms with van der Waals surface area (Å²) in [4.78, 5) is 0. The van der Waals surface area contributed by atoms with Crippen molar-refractivity contribution in [3.05, 3.63) is 26.6 Å². The summed E-state index contributed by atoms with van der Waals surface area (Å²) >= 11 is 6.53. The summed E-state index contributed by atoms with van der Waals surface area (Å²) in [6, 6.07) is 3.17. The first-order valence-electron chi connectivity index (χ1n) is 3.69. The summed E-state index contributed by atoms with van der Waals surface area (Å²) in [7, 11) is 0. The highest BCUT2D eigenvalue weighted by Crippen LogP contribution is 2.34. The molecule has 0 saturated heterocycles. The summed E-state index contributed by atoms with van der Waals surface area (Å²) in [5.41, 5.74) is 11.8. The van der Waals surface area contributed by atoms with Crippen LogP contribution in [0, 0.1) is 0 Å². The fourth-order valence-corrected chi connectivity index (χ4v) is 2.25. The van der Waals surface area contributed by atoms with Gasteiger partial charge < -0.3 is 16.6 Å². The molecule has 0 radical (unpaired) electrons. The highest BCUT2D eigenvalue weighted by Gasteiger charge is 2.12. The standard InChI is InChI=1S/C8H10Br2N2O/c9-4-1-5(7(12)3-11)8(13)6(10)2-4/h1-2,7,13H,3,11-12H2/t7-/m1/s1. The molecule has 1 rings (SSSR count). The van der Waals surface area contributed by atoms with E-state index in [1.54, 1.807) is 12.1 Å². The molecule has 1 atom stereocenters. The summed E-state index contributed by atoms with van der Waals surface area (Å²) in [5, 5.41) is 9.62. The summed E-state index contributed by atoms with van der Waals surface area (Å²) < 4.78 is 1.47. The van der Waals surface area contributed by atoms with Crippen LogP contribution in [0.15, 0.2) is 21.1 Å². The Hall–Kier alpha value is -0.100. The topological polar surface area (TPSA) is 72.3 Å². The van der Waals surface area contributed by atoms with Crippen molar-refractivity contribution in [3.8, 4) is 5.75 Å². The molecule has 13 heavy (non-hydrogen) atoms. The third kappa shape index (κ3) is 2.43. The lowest BCUT2D eigenvalue weighted by Crippen LogP contribution is -2.20. The molecule has 0 aliphatic carbocycles. The molecule has 0 heterocycles. The fourth-order valence-electron chi connectivity index (χ4n) is 0.996. The van der Waals surface area contributed by atoms with Crippen LogP contribution < -0.4 is 11.5 Å². The van der Waals surface area contributed by atoms with Gasteiger partial charge in [-0.05, 0) is 28.1 Å². The monoisotopic (exact) mass is 308 g/mol. The summed E-state index contributed by atoms with van der Waals surface area (Å²) in [5.74, 6) is 0.154. The predicted octanol–water partition coefficient (Wildman–Crippen LogP) is 1.88. The van der Waals surface area contributed by atoms with Crippen molar-refractivity contribution in [2.24, 2.45) is 11.5 Å². The average Bonchev–Trinajstić information content (AvgIpc) is 2.10. The van der Waals surface area contributed by atoms with E-state index in [1.165, 1.54) is 0 Å². The highest BCUT2D eigenvalue weighted by molar-refractivity contribution is 9.11. The normalized spacial score (nSPS) is 12.9. The molecule has 5 heteroatoms. The minimum Gasteiger partial charge on any atom is -0.506 e. The molecule has 0 spiro atoms. The SMILES string of the molecule is NC[C@@H](N)c1cc(Br)cc(Br)c1O. The van der Waals surface area contributed by atoms with Crippen molar-refractivity contribution in [3.63, 3.8) is 0 Å². The van der Waals surface area contributed by atoms with Gasteiger partial charge >= 0.3 is 0 Å². The zero-order chi connectivity index (χ0) is 10.0. The lowest BCUT2D eigenvalue weighted by Gasteiger charge is -2.12. The van der Waals surface area contributed by atoms with Gasteiger partial charge in [-0.25, -0.2) is 0 Å². The summed E-state index contributed by atoms with van der Waals surface area (Å²) in [6.07, 6.45) is 0. The van der Waals surface area contributed by atoms with Crippen molar-refractivity contribution in [1.29, 1.82) is 0 Å². The number of halogens is 2. The van der Waals surface area contributed by atoms with Crippen molar-refractivity contribution in [2.45, 2.75) is 6.04 Å². The Morgan fingerprint density at radius 2 is 2.00 bits per heavy atom. The van der Waals surface area contributed by atoms with Crippen LogP contribution in [0.5, 0.6) is 5.75 Å². The van der Waals surface area contributed by atoms with Gasteiger partial charge in [-0.2, -0.15) is 0 Å². The van der Waals surface area contributed by atoms with Gasteiger partial charge in [0, 0.05) is 22.6 Å². The lowest BCUT2D eigenvalue weighted by atomic mass is 10.1. The highest BCUT2D eigenvalue weighted by atomic mass is 79.9. The minimum atomic E-state index is -0.339. The molecule has 0 unspecified atom stereocenters. The van der Waals surface area contributed by atoms with Crippen LogP contribution in [0.4, 0.5) is 0 Å². The molecular weight excluding hydrogens is 300 g/mol. The Morgan fingerprint density at radius 3 is 2.54 bits per heavy atom. The van der Waals surface area contributed by atoms with E-state index < -0.39 is 0 Å². The van der Waals surface area contributed by atoms with E-state index in [0.29, 0.717) is 16.6 Å². The predicted molar refractivity (Wildman–Crippen MR) is 59.5 cm³/mol. The number of phenolic OH excluding ortho intramolecular Hbond substituents is 1. The number of hydrogen-bond donors (Lipinski definition) is 3. The maximum absolute atomic E-state index is 9.62. The second kappa shape index (κ2) is 4.41. The third-order valence-electron chi connectivity index (χ3n) is 1.71. The molecule has 0 saturated carbocycles. The number of benzene rings is 1. The molecule has 0 aliphatic rings. The average molecular weight is 310 g/mol. The molecule has 3 nitrogen and oxygen atoms in total. The largest absolute Gasteiger partial charge is 0.506 e. The van der Waals surface area contributed by atoms with E-state index in [-0.39, 0.29) is 11.8 Å². The van der Waals surface area contributed by atoms with Crippen LogP contribution >= 0.6 is 31.9 Å². The number of phenols is 1. The number of nitrogens with two attached hydrogens (primary N) is 2. The smallest absolute Gasteiger partial charge is 0.134 e. The molecule has 0 bridgehead atoms. The van der Waals surface area contributed by atoms with E-state index in [1.807, 2.05) is 0 Å². The molecule has 0 aromatic heterocycles. The van der Waals surface area contributed by atoms with Gasteiger partial charge in [-0.3, -0.25) is 0 Å². The molecule has 1 aromatic rings. The first kappa shape index (κ1) is 11.0. The zero-order valence-corrected chi connectivity index (χ0v) is 9.97. The minimum absolute atomic E-state index is 0.154. The van der Waals surface area contributed by atoms with Crippen molar-refractivity contribution < 1.29 is 5.11 Å². The quantitative estimate of drug-likeness (QED) is 0.781.